The zero-order valence-corrected chi connectivity index (χ0v) is 10.0. The maximum atomic E-state index is 11.0. The highest BCUT2D eigenvalue weighted by molar-refractivity contribution is 8.18. The molecule has 0 atom stereocenters. The van der Waals surface area contributed by atoms with Crippen molar-refractivity contribution in [2.75, 3.05) is 13.1 Å². The number of hydrogen-bond donors (Lipinski definition) is 0. The van der Waals surface area contributed by atoms with E-state index < -0.39 is 0 Å². The second-order valence-corrected chi connectivity index (χ2v) is 4.28. The summed E-state index contributed by atoms with van der Waals surface area (Å²) < 4.78 is 0. The van der Waals surface area contributed by atoms with Gasteiger partial charge in [-0.3, -0.25) is 9.79 Å². The van der Waals surface area contributed by atoms with Crippen molar-refractivity contribution in [3.63, 3.8) is 0 Å². The lowest BCUT2D eigenvalue weighted by Crippen LogP contribution is -2.28. The Morgan fingerprint density at radius 2 is 2.36 bits per heavy atom. The molecule has 2 aliphatic rings. The Kier molecular flexibility index (Phi) is 3.86. The van der Waals surface area contributed by atoms with Gasteiger partial charge in [-0.05, 0) is 36.7 Å². The Bertz CT molecular complexity index is 327. The second-order valence-electron chi connectivity index (χ2n) is 2.96. The molecular formula is C8H10Cl2N2OS. The van der Waals surface area contributed by atoms with Crippen LogP contribution in [0.3, 0.4) is 0 Å². The molecule has 0 bridgehead atoms. The second kappa shape index (κ2) is 4.55. The number of halogens is 2. The van der Waals surface area contributed by atoms with Crippen LogP contribution in [0.1, 0.15) is 13.3 Å². The van der Waals surface area contributed by atoms with E-state index in [1.807, 2.05) is 6.92 Å². The number of allylic oxidation sites excluding steroid dienone is 2. The Labute approximate surface area is 98.0 Å². The normalized spacial score (nSPS) is 20.1. The molecule has 0 unspecified atom stereocenters. The van der Waals surface area contributed by atoms with E-state index in [1.165, 1.54) is 11.8 Å². The number of nitrogens with zero attached hydrogens (tertiary/aromatic N) is 2. The Hall–Kier alpha value is -0.190. The van der Waals surface area contributed by atoms with Crippen molar-refractivity contribution in [2.45, 2.75) is 13.3 Å². The lowest BCUT2D eigenvalue weighted by Gasteiger charge is -2.23. The number of carbonyl (C=O) groups is 1. The van der Waals surface area contributed by atoms with Crippen LogP contribution >= 0.6 is 35.8 Å². The van der Waals surface area contributed by atoms with Crippen LogP contribution < -0.4 is 0 Å². The monoisotopic (exact) mass is 252 g/mol. The fourth-order valence-corrected chi connectivity index (χ4v) is 2.72. The Morgan fingerprint density at radius 1 is 1.64 bits per heavy atom. The van der Waals surface area contributed by atoms with E-state index in [9.17, 15) is 4.79 Å². The summed E-state index contributed by atoms with van der Waals surface area (Å²) in [6, 6.07) is 0. The number of rotatable bonds is 1. The minimum absolute atomic E-state index is 0. The fourth-order valence-electron chi connectivity index (χ4n) is 1.45. The van der Waals surface area contributed by atoms with E-state index in [4.69, 9.17) is 11.6 Å². The van der Waals surface area contributed by atoms with Gasteiger partial charge in [0.25, 0.3) is 5.24 Å². The average Bonchev–Trinajstić information content (AvgIpc) is 2.45. The van der Waals surface area contributed by atoms with Gasteiger partial charge in [-0.1, -0.05) is 0 Å². The van der Waals surface area contributed by atoms with Gasteiger partial charge in [-0.2, -0.15) is 0 Å². The van der Waals surface area contributed by atoms with Crippen LogP contribution in [0, 0.1) is 0 Å². The van der Waals surface area contributed by atoms with Crippen LogP contribution in [0.2, 0.25) is 0 Å². The van der Waals surface area contributed by atoms with Gasteiger partial charge in [0.05, 0.1) is 4.91 Å². The first-order valence-corrected chi connectivity index (χ1v) is 5.30. The molecule has 0 radical (unpaired) electrons. The predicted molar refractivity (Wildman–Crippen MR) is 62.0 cm³/mol. The molecule has 0 aliphatic carbocycles. The fraction of sp³-hybridized carbons (Fsp3) is 0.500. The molecular weight excluding hydrogens is 243 g/mol. The maximum Gasteiger partial charge on any atom is 0.260 e. The maximum absolute atomic E-state index is 11.0. The van der Waals surface area contributed by atoms with Crippen molar-refractivity contribution in [3.8, 4) is 0 Å². The number of amidine groups is 1. The molecule has 0 amide bonds. The molecule has 2 rings (SSSR count). The van der Waals surface area contributed by atoms with Crippen molar-refractivity contribution in [3.05, 3.63) is 10.6 Å². The van der Waals surface area contributed by atoms with Crippen molar-refractivity contribution in [2.24, 2.45) is 4.99 Å². The van der Waals surface area contributed by atoms with Crippen LogP contribution in [0.25, 0.3) is 0 Å². The Morgan fingerprint density at radius 3 is 2.93 bits per heavy atom. The molecule has 6 heteroatoms. The predicted octanol–water partition coefficient (Wildman–Crippen LogP) is 2.21. The Balaban J connectivity index is 0.000000980. The van der Waals surface area contributed by atoms with Crippen LogP contribution in [-0.2, 0) is 4.79 Å². The van der Waals surface area contributed by atoms with E-state index in [2.05, 4.69) is 9.89 Å². The smallest absolute Gasteiger partial charge is 0.260 e. The molecule has 3 nitrogen and oxygen atoms in total. The topological polar surface area (TPSA) is 32.7 Å². The van der Waals surface area contributed by atoms with E-state index in [1.54, 1.807) is 0 Å². The quantitative estimate of drug-likeness (QED) is 0.672. The highest BCUT2D eigenvalue weighted by atomic mass is 35.5. The van der Waals surface area contributed by atoms with E-state index in [-0.39, 0.29) is 17.6 Å². The summed E-state index contributed by atoms with van der Waals surface area (Å²) in [4.78, 5) is 18.0. The third-order valence-corrected chi connectivity index (χ3v) is 3.64. The van der Waals surface area contributed by atoms with Gasteiger partial charge in [-0.25, -0.2) is 0 Å². The van der Waals surface area contributed by atoms with Crippen LogP contribution in [0.4, 0.5) is 0 Å². The number of hydrogen-bond acceptors (Lipinski definition) is 4. The summed E-state index contributed by atoms with van der Waals surface area (Å²) in [6.07, 6.45) is 1.05. The van der Waals surface area contributed by atoms with Gasteiger partial charge in [0.1, 0.15) is 0 Å². The van der Waals surface area contributed by atoms with Gasteiger partial charge >= 0.3 is 0 Å². The molecule has 0 aromatic carbocycles. The zero-order chi connectivity index (χ0) is 9.42. The summed E-state index contributed by atoms with van der Waals surface area (Å²) in [5, 5.41) is 0.548. The van der Waals surface area contributed by atoms with Gasteiger partial charge in [0.15, 0.2) is 5.17 Å². The van der Waals surface area contributed by atoms with Gasteiger partial charge in [0.2, 0.25) is 0 Å². The lowest BCUT2D eigenvalue weighted by atomic mass is 10.3. The summed E-state index contributed by atoms with van der Waals surface area (Å²) >= 11 is 6.83. The molecule has 0 aromatic rings. The van der Waals surface area contributed by atoms with Gasteiger partial charge in [-0.15, -0.1) is 12.4 Å². The van der Waals surface area contributed by atoms with Crippen LogP contribution in [0.15, 0.2) is 15.6 Å². The zero-order valence-electron chi connectivity index (χ0n) is 7.62. The van der Waals surface area contributed by atoms with Crippen LogP contribution in [0.5, 0.6) is 0 Å². The van der Waals surface area contributed by atoms with Gasteiger partial charge < -0.3 is 4.90 Å². The van der Waals surface area contributed by atoms with E-state index in [0.717, 1.165) is 30.4 Å². The largest absolute Gasteiger partial charge is 0.324 e. The third kappa shape index (κ3) is 1.92. The third-order valence-electron chi connectivity index (χ3n) is 2.12. The lowest BCUT2D eigenvalue weighted by molar-refractivity contribution is -0.108. The first-order chi connectivity index (χ1) is 6.20. The first kappa shape index (κ1) is 11.9. The minimum atomic E-state index is -0.375. The molecule has 0 N–H and O–H groups in total. The average molecular weight is 253 g/mol. The van der Waals surface area contributed by atoms with E-state index >= 15 is 0 Å². The summed E-state index contributed by atoms with van der Waals surface area (Å²) in [6.45, 7) is 3.72. The highest BCUT2D eigenvalue weighted by Crippen LogP contribution is 2.36. The highest BCUT2D eigenvalue weighted by Gasteiger charge is 2.30. The molecule has 2 heterocycles. The summed E-state index contributed by atoms with van der Waals surface area (Å²) in [7, 11) is 0. The number of thioether (sulfide) groups is 1. The molecule has 0 saturated carbocycles. The van der Waals surface area contributed by atoms with Crippen molar-refractivity contribution in [1.82, 2.24) is 4.90 Å². The standard InChI is InChI=1S/C8H9ClN2OS.ClH/c1-5-6(7(9)12)13-8-10-3-2-4-11(5)8;/h2-4H2,1H3;1H. The number of carbonyl (C=O) groups excluding carboxylic acids is 1. The first-order valence-electron chi connectivity index (χ1n) is 4.10. The van der Waals surface area contributed by atoms with Crippen molar-refractivity contribution in [1.29, 1.82) is 0 Å². The summed E-state index contributed by atoms with van der Waals surface area (Å²) in [5.74, 6) is 0. The minimum Gasteiger partial charge on any atom is -0.324 e. The van der Waals surface area contributed by atoms with Crippen molar-refractivity contribution >= 4 is 46.2 Å². The molecule has 0 spiro atoms. The van der Waals surface area contributed by atoms with E-state index in [0.29, 0.717) is 4.91 Å². The van der Waals surface area contributed by atoms with Gasteiger partial charge in [0, 0.05) is 18.8 Å². The molecule has 2 aliphatic heterocycles. The summed E-state index contributed by atoms with van der Waals surface area (Å²) in [5.41, 5.74) is 0.948. The molecule has 0 saturated heterocycles. The molecule has 14 heavy (non-hydrogen) atoms. The number of fused-ring (bicyclic) bond motifs is 1. The molecule has 78 valence electrons. The number of aliphatic imine (C=N–C) groups is 1. The van der Waals surface area contributed by atoms with Crippen molar-refractivity contribution < 1.29 is 4.79 Å². The van der Waals surface area contributed by atoms with Crippen LogP contribution in [-0.4, -0.2) is 28.4 Å². The molecule has 0 fully saturated rings. The molecule has 0 aromatic heterocycles. The SMILES string of the molecule is CC1=C(C(=O)Cl)SC2=NCCCN21.Cl.